The van der Waals surface area contributed by atoms with Crippen molar-refractivity contribution in [2.45, 2.75) is 38.0 Å². The fourth-order valence-electron chi connectivity index (χ4n) is 7.90. The van der Waals surface area contributed by atoms with Gasteiger partial charge < -0.3 is 9.80 Å². The highest BCUT2D eigenvalue weighted by atomic mass is 15.2. The lowest BCUT2D eigenvalue weighted by molar-refractivity contribution is 0.444. The van der Waals surface area contributed by atoms with E-state index in [0.717, 1.165) is 39.6 Å². The van der Waals surface area contributed by atoms with Crippen LogP contribution in [0.25, 0.3) is 11.1 Å². The Morgan fingerprint density at radius 2 is 1.13 bits per heavy atom. The van der Waals surface area contributed by atoms with Gasteiger partial charge in [0.15, 0.2) is 0 Å². The van der Waals surface area contributed by atoms with Crippen LogP contribution in [0.4, 0.5) is 34.1 Å². The Kier molecular flexibility index (Phi) is 5.22. The van der Waals surface area contributed by atoms with Crippen molar-refractivity contribution in [3.05, 3.63) is 151 Å². The molecule has 3 heteroatoms. The van der Waals surface area contributed by atoms with Crippen molar-refractivity contribution in [1.29, 1.82) is 0 Å². The van der Waals surface area contributed by atoms with Crippen LogP contribution in [-0.4, -0.2) is 6.71 Å². The van der Waals surface area contributed by atoms with Gasteiger partial charge in [-0.2, -0.15) is 0 Å². The summed E-state index contributed by atoms with van der Waals surface area (Å²) in [7, 11) is 0. The van der Waals surface area contributed by atoms with Gasteiger partial charge in [-0.25, -0.2) is 0 Å². The molecule has 0 radical (unpaired) electrons. The van der Waals surface area contributed by atoms with Crippen molar-refractivity contribution in [3.8, 4) is 11.1 Å². The molecule has 1 aliphatic carbocycles. The van der Waals surface area contributed by atoms with Gasteiger partial charge in [-0.1, -0.05) is 116 Å². The van der Waals surface area contributed by atoms with Crippen LogP contribution in [0.5, 0.6) is 0 Å². The molecule has 0 spiro atoms. The zero-order valence-electron chi connectivity index (χ0n) is 30.1. The van der Waals surface area contributed by atoms with Gasteiger partial charge in [0.25, 0.3) is 6.71 Å². The van der Waals surface area contributed by atoms with Crippen LogP contribution in [0.1, 0.15) is 50.4 Å². The van der Waals surface area contributed by atoms with E-state index in [2.05, 4.69) is 113 Å². The standard InChI is InChI=1S/C42H35BN2/c1-5-15-30(16-6-1)32-25-26-39-37(27-32)43-36-23-13-14-24-38(36)44(34-19-9-3-10-20-34)40-28-33(31-17-7-2-8-18-31)29-41(42(40)43)45(39)35-21-11-4-12-22-35/h1,3-6,9-16,19-29,31H,2,7-8,17-18H2/i1D,5D,6D,15D,16D. The minimum atomic E-state index is -0.383. The molecule has 0 aromatic heterocycles. The van der Waals surface area contributed by atoms with Crippen molar-refractivity contribution in [2.24, 2.45) is 0 Å². The van der Waals surface area contributed by atoms with Gasteiger partial charge >= 0.3 is 0 Å². The molecule has 0 atom stereocenters. The number of rotatable bonds is 4. The van der Waals surface area contributed by atoms with E-state index in [-0.39, 0.29) is 42.5 Å². The Hall–Kier alpha value is -5.02. The van der Waals surface area contributed by atoms with Crippen LogP contribution in [-0.2, 0) is 0 Å². The van der Waals surface area contributed by atoms with Crippen LogP contribution in [0.15, 0.2) is 145 Å². The van der Waals surface area contributed by atoms with Crippen molar-refractivity contribution in [1.82, 2.24) is 0 Å². The van der Waals surface area contributed by atoms with Gasteiger partial charge in [0.05, 0.1) is 6.85 Å². The van der Waals surface area contributed by atoms with E-state index in [1.54, 1.807) is 0 Å². The third-order valence-electron chi connectivity index (χ3n) is 9.89. The third kappa shape index (κ3) is 4.33. The lowest BCUT2D eigenvalue weighted by Gasteiger charge is -2.45. The number of hydrogen-bond acceptors (Lipinski definition) is 2. The predicted molar refractivity (Wildman–Crippen MR) is 192 cm³/mol. The Morgan fingerprint density at radius 1 is 0.533 bits per heavy atom. The highest BCUT2D eigenvalue weighted by Gasteiger charge is 2.43. The highest BCUT2D eigenvalue weighted by Crippen LogP contribution is 2.46. The molecule has 45 heavy (non-hydrogen) atoms. The molecule has 9 rings (SSSR count). The van der Waals surface area contributed by atoms with Crippen molar-refractivity contribution in [3.63, 3.8) is 0 Å². The number of fused-ring (bicyclic) bond motifs is 4. The number of hydrogen-bond donors (Lipinski definition) is 0. The van der Waals surface area contributed by atoms with E-state index in [9.17, 15) is 0 Å². The van der Waals surface area contributed by atoms with E-state index < -0.39 is 0 Å². The second-order valence-corrected chi connectivity index (χ2v) is 12.4. The largest absolute Gasteiger partial charge is 0.311 e. The van der Waals surface area contributed by atoms with E-state index >= 15 is 0 Å². The first-order valence-corrected chi connectivity index (χ1v) is 16.1. The van der Waals surface area contributed by atoms with Crippen LogP contribution < -0.4 is 26.2 Å². The summed E-state index contributed by atoms with van der Waals surface area (Å²) < 4.78 is 42.7. The minimum absolute atomic E-state index is 0.142. The van der Waals surface area contributed by atoms with Crippen LogP contribution in [0, 0.1) is 0 Å². The SMILES string of the molecule is [2H]c1c([2H])c([2H])c(-c2ccc3c(c2)B2c4ccccc4N(c4ccccc4)c4cc(C5CCCCC5)cc(c42)N3c2ccccc2)c([2H])c1[2H]. The number of benzene rings is 6. The molecular formula is C42H35BN2. The summed E-state index contributed by atoms with van der Waals surface area (Å²) in [4.78, 5) is 4.80. The number of para-hydroxylation sites is 3. The van der Waals surface area contributed by atoms with Gasteiger partial charge in [-0.15, -0.1) is 0 Å². The summed E-state index contributed by atoms with van der Waals surface area (Å²) in [5, 5.41) is 0. The molecule has 6 aromatic rings. The average molecular weight is 584 g/mol. The molecule has 0 bridgehead atoms. The molecule has 216 valence electrons. The lowest BCUT2D eigenvalue weighted by atomic mass is 9.33. The first-order valence-electron chi connectivity index (χ1n) is 18.6. The summed E-state index contributed by atoms with van der Waals surface area (Å²) in [5.74, 6) is 0.490. The monoisotopic (exact) mass is 583 g/mol. The first-order chi connectivity index (χ1) is 24.4. The van der Waals surface area contributed by atoms with Crippen LogP contribution in [0.3, 0.4) is 0 Å². The first kappa shape index (κ1) is 21.6. The molecule has 6 aromatic carbocycles. The zero-order valence-corrected chi connectivity index (χ0v) is 25.1. The average Bonchev–Trinajstić information content (AvgIpc) is 3.17. The summed E-state index contributed by atoms with van der Waals surface area (Å²) in [5.41, 5.74) is 12.3. The molecule has 0 N–H and O–H groups in total. The summed E-state index contributed by atoms with van der Waals surface area (Å²) in [6.07, 6.45) is 6.16. The molecule has 3 aliphatic rings. The molecule has 0 unspecified atom stereocenters. The summed E-state index contributed by atoms with van der Waals surface area (Å²) in [6.45, 7) is -0.142. The number of anilines is 6. The second-order valence-electron chi connectivity index (χ2n) is 12.4. The molecule has 1 fully saturated rings. The highest BCUT2D eigenvalue weighted by molar-refractivity contribution is 7.00. The van der Waals surface area contributed by atoms with E-state index in [4.69, 9.17) is 6.85 Å². The molecule has 2 aliphatic heterocycles. The maximum Gasteiger partial charge on any atom is 0.252 e. The maximum absolute atomic E-state index is 8.81. The van der Waals surface area contributed by atoms with Gasteiger partial charge in [-0.05, 0) is 100 Å². The van der Waals surface area contributed by atoms with Crippen molar-refractivity contribution >= 4 is 57.2 Å². The smallest absolute Gasteiger partial charge is 0.252 e. The van der Waals surface area contributed by atoms with Crippen molar-refractivity contribution in [2.75, 3.05) is 9.80 Å². The fourth-order valence-corrected chi connectivity index (χ4v) is 7.90. The molecular weight excluding hydrogens is 543 g/mol. The van der Waals surface area contributed by atoms with E-state index in [1.807, 2.05) is 12.1 Å². The van der Waals surface area contributed by atoms with Gasteiger partial charge in [0.1, 0.15) is 0 Å². The Labute approximate surface area is 273 Å². The zero-order chi connectivity index (χ0) is 34.1. The molecule has 0 amide bonds. The predicted octanol–water partition coefficient (Wildman–Crippen LogP) is 9.48. The van der Waals surface area contributed by atoms with Crippen LogP contribution in [0.2, 0.25) is 0 Å². The maximum atomic E-state index is 8.81. The van der Waals surface area contributed by atoms with Gasteiger partial charge in [0.2, 0.25) is 0 Å². The van der Waals surface area contributed by atoms with Gasteiger partial charge in [0, 0.05) is 34.1 Å². The van der Waals surface area contributed by atoms with Crippen molar-refractivity contribution < 1.29 is 6.85 Å². The van der Waals surface area contributed by atoms with Crippen LogP contribution >= 0.6 is 0 Å². The van der Waals surface area contributed by atoms with Gasteiger partial charge in [-0.3, -0.25) is 0 Å². The summed E-state index contributed by atoms with van der Waals surface area (Å²) >= 11 is 0. The Bertz CT molecular complexity index is 2240. The Morgan fingerprint density at radius 3 is 1.80 bits per heavy atom. The minimum Gasteiger partial charge on any atom is -0.311 e. The second kappa shape index (κ2) is 10.9. The molecule has 1 saturated carbocycles. The van der Waals surface area contributed by atoms with E-state index in [0.29, 0.717) is 11.5 Å². The Balaban J connectivity index is 1.38. The normalized spacial score (nSPS) is 16.9. The summed E-state index contributed by atoms with van der Waals surface area (Å²) in [6, 6.07) is 39.3. The fraction of sp³-hybridized carbons (Fsp3) is 0.143. The molecule has 2 nitrogen and oxygen atoms in total. The van der Waals surface area contributed by atoms with E-state index in [1.165, 1.54) is 48.6 Å². The molecule has 0 saturated heterocycles. The number of nitrogens with zero attached hydrogens (tertiary/aromatic N) is 2. The topological polar surface area (TPSA) is 6.48 Å². The quantitative estimate of drug-likeness (QED) is 0.191. The lowest BCUT2D eigenvalue weighted by Crippen LogP contribution is -2.61. The molecule has 2 heterocycles. The third-order valence-corrected chi connectivity index (χ3v) is 9.89.